The second kappa shape index (κ2) is 5.64. The molecule has 1 atom stereocenters. The average molecular weight is 341 g/mol. The Morgan fingerprint density at radius 2 is 2.18 bits per heavy atom. The van der Waals surface area contributed by atoms with Crippen molar-refractivity contribution in [1.82, 2.24) is 19.5 Å². The van der Waals surface area contributed by atoms with Gasteiger partial charge in [0.2, 0.25) is 10.0 Å². The van der Waals surface area contributed by atoms with Gasteiger partial charge < -0.3 is 4.90 Å². The molecule has 1 unspecified atom stereocenters. The molecule has 7 nitrogen and oxygen atoms in total. The van der Waals surface area contributed by atoms with E-state index in [9.17, 15) is 8.42 Å². The predicted octanol–water partition coefficient (Wildman–Crippen LogP) is 1.05. The number of hydrogen-bond acceptors (Lipinski definition) is 6. The highest BCUT2D eigenvalue weighted by molar-refractivity contribution is 7.89. The van der Waals surface area contributed by atoms with E-state index in [4.69, 9.17) is 0 Å². The zero-order valence-corrected chi connectivity index (χ0v) is 14.4. The summed E-state index contributed by atoms with van der Waals surface area (Å²) in [6.07, 6.45) is 2.54. The van der Waals surface area contributed by atoms with E-state index in [1.807, 2.05) is 5.38 Å². The van der Waals surface area contributed by atoms with Crippen molar-refractivity contribution in [2.75, 3.05) is 18.0 Å². The molecule has 9 heteroatoms. The lowest BCUT2D eigenvalue weighted by Gasteiger charge is -2.16. The first-order valence-corrected chi connectivity index (χ1v) is 9.42. The van der Waals surface area contributed by atoms with Gasteiger partial charge >= 0.3 is 0 Å². The van der Waals surface area contributed by atoms with Crippen molar-refractivity contribution in [2.45, 2.75) is 31.2 Å². The predicted molar refractivity (Wildman–Crippen MR) is 85.7 cm³/mol. The fourth-order valence-electron chi connectivity index (χ4n) is 2.82. The highest BCUT2D eigenvalue weighted by Gasteiger charge is 2.31. The lowest BCUT2D eigenvalue weighted by atomic mass is 10.3. The second-order valence-corrected chi connectivity index (χ2v) is 8.01. The van der Waals surface area contributed by atoms with E-state index in [-0.39, 0.29) is 6.04 Å². The molecule has 120 valence electrons. The van der Waals surface area contributed by atoms with Gasteiger partial charge in [-0.05, 0) is 20.3 Å². The van der Waals surface area contributed by atoms with E-state index in [0.29, 0.717) is 22.8 Å². The molecule has 22 heavy (non-hydrogen) atoms. The first-order valence-electron chi connectivity index (χ1n) is 7.05. The molecule has 0 saturated carbocycles. The topological polar surface area (TPSA) is 80.1 Å². The Labute approximate surface area is 134 Å². The molecule has 0 amide bonds. The van der Waals surface area contributed by atoms with Gasteiger partial charge in [-0.3, -0.25) is 4.68 Å². The van der Waals surface area contributed by atoms with Crippen LogP contribution in [0.3, 0.4) is 0 Å². The summed E-state index contributed by atoms with van der Waals surface area (Å²) >= 11 is 1.57. The molecule has 1 aliphatic heterocycles. The quantitative estimate of drug-likeness (QED) is 0.899. The van der Waals surface area contributed by atoms with Crippen LogP contribution in [0.25, 0.3) is 0 Å². The van der Waals surface area contributed by atoms with Gasteiger partial charge in [0.1, 0.15) is 4.90 Å². The fourth-order valence-corrected chi connectivity index (χ4v) is 5.20. The van der Waals surface area contributed by atoms with Gasteiger partial charge in [0, 0.05) is 37.8 Å². The third kappa shape index (κ3) is 2.75. The van der Waals surface area contributed by atoms with Crippen LogP contribution in [0, 0.1) is 13.8 Å². The van der Waals surface area contributed by atoms with Crippen LogP contribution in [-0.4, -0.2) is 42.3 Å². The summed E-state index contributed by atoms with van der Waals surface area (Å²) in [5, 5.41) is 7.05. The highest BCUT2D eigenvalue weighted by atomic mass is 32.2. The molecule has 1 aliphatic rings. The third-order valence-corrected chi connectivity index (χ3v) is 6.52. The number of nitrogens with zero attached hydrogens (tertiary/aromatic N) is 4. The minimum Gasteiger partial charge on any atom is -0.346 e. The van der Waals surface area contributed by atoms with Crippen molar-refractivity contribution in [3.8, 4) is 0 Å². The van der Waals surface area contributed by atoms with Crippen molar-refractivity contribution < 1.29 is 8.42 Å². The summed E-state index contributed by atoms with van der Waals surface area (Å²) in [7, 11) is -1.80. The number of aryl methyl sites for hydroxylation is 2. The molecule has 0 bridgehead atoms. The summed E-state index contributed by atoms with van der Waals surface area (Å²) in [6.45, 7) is 4.94. The van der Waals surface area contributed by atoms with Crippen LogP contribution in [-0.2, 0) is 17.1 Å². The number of rotatable bonds is 4. The molecule has 1 N–H and O–H groups in total. The minimum absolute atomic E-state index is 0.104. The zero-order chi connectivity index (χ0) is 15.9. The van der Waals surface area contributed by atoms with Gasteiger partial charge in [0.15, 0.2) is 5.13 Å². The normalized spacial score (nSPS) is 19.0. The second-order valence-electron chi connectivity index (χ2n) is 5.49. The standard InChI is InChI=1S/C13H19N5O2S2/c1-9-12(10(2)17(3)15-9)22(19,20)16-11-4-6-18(8-11)13-14-5-7-21-13/h5,7,11,16H,4,6,8H2,1-3H3. The summed E-state index contributed by atoms with van der Waals surface area (Å²) in [4.78, 5) is 6.68. The van der Waals surface area contributed by atoms with Gasteiger partial charge in [0.05, 0.1) is 11.4 Å². The van der Waals surface area contributed by atoms with E-state index in [1.165, 1.54) is 0 Å². The van der Waals surface area contributed by atoms with Crippen LogP contribution in [0.2, 0.25) is 0 Å². The molecule has 1 fully saturated rings. The lowest BCUT2D eigenvalue weighted by molar-refractivity contribution is 0.560. The van der Waals surface area contributed by atoms with E-state index in [0.717, 1.165) is 18.1 Å². The smallest absolute Gasteiger partial charge is 0.244 e. The van der Waals surface area contributed by atoms with Crippen molar-refractivity contribution >= 4 is 26.5 Å². The summed E-state index contributed by atoms with van der Waals surface area (Å²) in [5.74, 6) is 0. The largest absolute Gasteiger partial charge is 0.346 e. The molecule has 2 aromatic heterocycles. The highest BCUT2D eigenvalue weighted by Crippen LogP contribution is 2.24. The Morgan fingerprint density at radius 3 is 2.77 bits per heavy atom. The Bertz CT molecular complexity index is 767. The van der Waals surface area contributed by atoms with Gasteiger partial charge in [0.25, 0.3) is 0 Å². The Morgan fingerprint density at radius 1 is 1.41 bits per heavy atom. The molecule has 3 heterocycles. The van der Waals surface area contributed by atoms with Crippen LogP contribution in [0.4, 0.5) is 5.13 Å². The van der Waals surface area contributed by atoms with Crippen molar-refractivity contribution in [3.63, 3.8) is 0 Å². The molecule has 0 aromatic carbocycles. The fraction of sp³-hybridized carbons (Fsp3) is 0.538. The number of nitrogens with one attached hydrogen (secondary N) is 1. The van der Waals surface area contributed by atoms with Gasteiger partial charge in [-0.2, -0.15) is 5.10 Å². The van der Waals surface area contributed by atoms with Crippen LogP contribution in [0.15, 0.2) is 16.5 Å². The van der Waals surface area contributed by atoms with E-state index in [1.54, 1.807) is 43.1 Å². The maximum absolute atomic E-state index is 12.6. The summed E-state index contributed by atoms with van der Waals surface area (Å²) in [5.41, 5.74) is 1.18. The molecular formula is C13H19N5O2S2. The molecule has 3 rings (SSSR count). The van der Waals surface area contributed by atoms with Crippen molar-refractivity contribution in [1.29, 1.82) is 0 Å². The molecule has 0 aliphatic carbocycles. The zero-order valence-electron chi connectivity index (χ0n) is 12.8. The van der Waals surface area contributed by atoms with E-state index in [2.05, 4.69) is 19.7 Å². The molecule has 1 saturated heterocycles. The Balaban J connectivity index is 1.76. The lowest BCUT2D eigenvalue weighted by Crippen LogP contribution is -2.37. The van der Waals surface area contributed by atoms with Crippen LogP contribution < -0.4 is 9.62 Å². The summed E-state index contributed by atoms with van der Waals surface area (Å²) in [6, 6.07) is -0.104. The first kappa shape index (κ1) is 15.4. The number of hydrogen-bond donors (Lipinski definition) is 1. The van der Waals surface area contributed by atoms with Crippen LogP contribution in [0.1, 0.15) is 17.8 Å². The maximum Gasteiger partial charge on any atom is 0.244 e. The first-order chi connectivity index (χ1) is 10.4. The average Bonchev–Trinajstić information content (AvgIpc) is 3.11. The van der Waals surface area contributed by atoms with Gasteiger partial charge in [-0.25, -0.2) is 18.1 Å². The third-order valence-electron chi connectivity index (χ3n) is 3.91. The van der Waals surface area contributed by atoms with Crippen molar-refractivity contribution in [3.05, 3.63) is 23.0 Å². The van der Waals surface area contributed by atoms with Crippen LogP contribution >= 0.6 is 11.3 Å². The van der Waals surface area contributed by atoms with E-state index < -0.39 is 10.0 Å². The van der Waals surface area contributed by atoms with E-state index >= 15 is 0 Å². The number of thiazole rings is 1. The monoisotopic (exact) mass is 341 g/mol. The number of anilines is 1. The number of sulfonamides is 1. The maximum atomic E-state index is 12.6. The molecule has 2 aromatic rings. The minimum atomic E-state index is -3.55. The molecular weight excluding hydrogens is 322 g/mol. The van der Waals surface area contributed by atoms with Gasteiger partial charge in [-0.1, -0.05) is 0 Å². The SMILES string of the molecule is Cc1nn(C)c(C)c1S(=O)(=O)NC1CCN(c2nccs2)C1. The number of aromatic nitrogens is 3. The molecule has 0 spiro atoms. The van der Waals surface area contributed by atoms with Gasteiger partial charge in [-0.15, -0.1) is 11.3 Å². The Kier molecular flexibility index (Phi) is 3.96. The Hall–Kier alpha value is -1.45. The summed E-state index contributed by atoms with van der Waals surface area (Å²) < 4.78 is 29.7. The van der Waals surface area contributed by atoms with Crippen molar-refractivity contribution in [2.24, 2.45) is 7.05 Å². The van der Waals surface area contributed by atoms with Crippen LogP contribution in [0.5, 0.6) is 0 Å². The molecule has 0 radical (unpaired) electrons.